The second kappa shape index (κ2) is 6.55. The normalized spacial score (nSPS) is 11.4. The highest BCUT2D eigenvalue weighted by atomic mass is 127. The molecule has 0 heterocycles. The molecule has 0 bridgehead atoms. The predicted molar refractivity (Wildman–Crippen MR) is 85.3 cm³/mol. The van der Waals surface area contributed by atoms with Crippen molar-refractivity contribution in [2.75, 3.05) is 18.0 Å². The first-order valence-electron chi connectivity index (χ1n) is 6.24. The van der Waals surface area contributed by atoms with E-state index in [2.05, 4.69) is 67.6 Å². The van der Waals surface area contributed by atoms with E-state index in [0.717, 1.165) is 13.0 Å². The molecule has 0 aromatic heterocycles. The molecule has 0 aliphatic heterocycles. The van der Waals surface area contributed by atoms with E-state index < -0.39 is 0 Å². The van der Waals surface area contributed by atoms with Gasteiger partial charge in [-0.1, -0.05) is 66.3 Å². The average Bonchev–Trinajstić information content (AvgIpc) is 2.35. The number of alkyl halides is 1. The van der Waals surface area contributed by atoms with Crippen molar-refractivity contribution in [3.05, 3.63) is 35.4 Å². The lowest BCUT2D eigenvalue weighted by molar-refractivity contribution is -0.127. The van der Waals surface area contributed by atoms with E-state index in [1.165, 1.54) is 11.1 Å². The topological polar surface area (TPSA) is 20.3 Å². The maximum atomic E-state index is 11.5. The van der Waals surface area contributed by atoms with Crippen LogP contribution in [0.25, 0.3) is 0 Å². The molecule has 1 aromatic carbocycles. The van der Waals surface area contributed by atoms with Crippen LogP contribution in [0.4, 0.5) is 0 Å². The number of carbonyl (C=O) groups is 1. The number of carbonyl (C=O) groups excluding carboxylic acids is 1. The maximum absolute atomic E-state index is 11.5. The summed E-state index contributed by atoms with van der Waals surface area (Å²) in [5.74, 6) is 0.204. The van der Waals surface area contributed by atoms with Gasteiger partial charge in [0.1, 0.15) is 0 Å². The Morgan fingerprint density at radius 2 is 1.83 bits per heavy atom. The van der Waals surface area contributed by atoms with Crippen LogP contribution in [-0.2, 0) is 10.2 Å². The van der Waals surface area contributed by atoms with Crippen molar-refractivity contribution < 1.29 is 4.79 Å². The number of hydrogen-bond acceptors (Lipinski definition) is 1. The number of aryl methyl sites for hydroxylation is 1. The van der Waals surface area contributed by atoms with Crippen LogP contribution in [0, 0.1) is 6.92 Å². The standard InChI is InChI=1S/C15H22INO/c1-12-5-7-13(8-6-12)15(2,3)9-10-17(4)14(18)11-16/h5-8H,9-11H2,1-4H3. The quantitative estimate of drug-likeness (QED) is 0.582. The van der Waals surface area contributed by atoms with Crippen molar-refractivity contribution in [2.45, 2.75) is 32.6 Å². The fraction of sp³-hybridized carbons (Fsp3) is 0.533. The molecule has 1 amide bonds. The molecule has 0 N–H and O–H groups in total. The van der Waals surface area contributed by atoms with Crippen LogP contribution in [0.3, 0.4) is 0 Å². The zero-order valence-electron chi connectivity index (χ0n) is 11.7. The maximum Gasteiger partial charge on any atom is 0.232 e. The van der Waals surface area contributed by atoms with Crippen LogP contribution in [0.2, 0.25) is 0 Å². The molecule has 0 saturated heterocycles. The van der Waals surface area contributed by atoms with Crippen LogP contribution in [0.1, 0.15) is 31.4 Å². The molecule has 1 rings (SSSR count). The third-order valence-electron chi connectivity index (χ3n) is 3.45. The van der Waals surface area contributed by atoms with Crippen LogP contribution in [-0.4, -0.2) is 28.8 Å². The first kappa shape index (κ1) is 15.5. The van der Waals surface area contributed by atoms with E-state index in [9.17, 15) is 4.79 Å². The molecule has 0 radical (unpaired) electrons. The molecule has 0 aliphatic rings. The van der Waals surface area contributed by atoms with Crippen LogP contribution < -0.4 is 0 Å². The van der Waals surface area contributed by atoms with Gasteiger partial charge in [-0.25, -0.2) is 0 Å². The van der Waals surface area contributed by atoms with Gasteiger partial charge >= 0.3 is 0 Å². The Labute approximate surface area is 124 Å². The van der Waals surface area contributed by atoms with Crippen molar-refractivity contribution >= 4 is 28.5 Å². The van der Waals surface area contributed by atoms with Crippen molar-refractivity contribution in [1.29, 1.82) is 0 Å². The number of amides is 1. The van der Waals surface area contributed by atoms with E-state index in [1.807, 2.05) is 11.9 Å². The molecule has 0 unspecified atom stereocenters. The number of halogens is 1. The molecule has 0 fully saturated rings. The monoisotopic (exact) mass is 359 g/mol. The fourth-order valence-electron chi connectivity index (χ4n) is 1.82. The smallest absolute Gasteiger partial charge is 0.232 e. The minimum absolute atomic E-state index is 0.105. The third-order valence-corrected chi connectivity index (χ3v) is 4.10. The molecule has 100 valence electrons. The molecule has 1 aromatic rings. The van der Waals surface area contributed by atoms with Gasteiger partial charge in [0.05, 0.1) is 4.43 Å². The second-order valence-electron chi connectivity index (χ2n) is 5.45. The Morgan fingerprint density at radius 3 is 2.33 bits per heavy atom. The molecular formula is C15H22INO. The first-order chi connectivity index (χ1) is 8.36. The Morgan fingerprint density at radius 1 is 1.28 bits per heavy atom. The van der Waals surface area contributed by atoms with Gasteiger partial charge in [0.15, 0.2) is 0 Å². The van der Waals surface area contributed by atoms with Crippen LogP contribution in [0.5, 0.6) is 0 Å². The van der Waals surface area contributed by atoms with Crippen LogP contribution in [0.15, 0.2) is 24.3 Å². The van der Waals surface area contributed by atoms with E-state index in [4.69, 9.17) is 0 Å². The molecule has 3 heteroatoms. The van der Waals surface area contributed by atoms with Crippen molar-refractivity contribution in [3.63, 3.8) is 0 Å². The zero-order valence-corrected chi connectivity index (χ0v) is 13.8. The van der Waals surface area contributed by atoms with Gasteiger partial charge in [0.2, 0.25) is 5.91 Å². The summed E-state index contributed by atoms with van der Waals surface area (Å²) in [5.41, 5.74) is 2.73. The Hall–Kier alpha value is -0.580. The lowest BCUT2D eigenvalue weighted by atomic mass is 9.81. The summed E-state index contributed by atoms with van der Waals surface area (Å²) in [6.07, 6.45) is 0.981. The number of benzene rings is 1. The molecule has 0 aliphatic carbocycles. The third kappa shape index (κ3) is 4.26. The van der Waals surface area contributed by atoms with Crippen molar-refractivity contribution in [3.8, 4) is 0 Å². The van der Waals surface area contributed by atoms with Crippen molar-refractivity contribution in [2.24, 2.45) is 0 Å². The zero-order chi connectivity index (χ0) is 13.8. The average molecular weight is 359 g/mol. The van der Waals surface area contributed by atoms with Gasteiger partial charge in [-0.3, -0.25) is 4.79 Å². The van der Waals surface area contributed by atoms with Gasteiger partial charge in [-0.15, -0.1) is 0 Å². The summed E-state index contributed by atoms with van der Waals surface area (Å²) in [4.78, 5) is 13.4. The highest BCUT2D eigenvalue weighted by molar-refractivity contribution is 14.1. The van der Waals surface area contributed by atoms with Gasteiger partial charge in [0, 0.05) is 13.6 Å². The number of hydrogen-bond donors (Lipinski definition) is 0. The van der Waals surface area contributed by atoms with Gasteiger partial charge in [0.25, 0.3) is 0 Å². The molecule has 0 saturated carbocycles. The summed E-state index contributed by atoms with van der Waals surface area (Å²) in [5, 5.41) is 0. The lowest BCUT2D eigenvalue weighted by Gasteiger charge is -2.28. The Kier molecular flexibility index (Phi) is 5.63. The summed E-state index contributed by atoms with van der Waals surface area (Å²) < 4.78 is 0.555. The minimum atomic E-state index is 0.105. The minimum Gasteiger partial charge on any atom is -0.345 e. The Bertz CT molecular complexity index is 397. The molecular weight excluding hydrogens is 337 g/mol. The number of nitrogens with zero attached hydrogens (tertiary/aromatic N) is 1. The number of rotatable bonds is 5. The van der Waals surface area contributed by atoms with E-state index in [1.54, 1.807) is 0 Å². The largest absolute Gasteiger partial charge is 0.345 e. The fourth-order valence-corrected chi connectivity index (χ4v) is 2.41. The summed E-state index contributed by atoms with van der Waals surface area (Å²) in [6.45, 7) is 7.38. The molecule has 0 atom stereocenters. The highest BCUT2D eigenvalue weighted by Crippen LogP contribution is 2.27. The van der Waals surface area contributed by atoms with Gasteiger partial charge in [-0.05, 0) is 24.3 Å². The van der Waals surface area contributed by atoms with Gasteiger partial charge in [-0.2, -0.15) is 0 Å². The lowest BCUT2D eigenvalue weighted by Crippen LogP contribution is -2.32. The molecule has 2 nitrogen and oxygen atoms in total. The van der Waals surface area contributed by atoms with Crippen LogP contribution >= 0.6 is 22.6 Å². The molecule has 18 heavy (non-hydrogen) atoms. The second-order valence-corrected chi connectivity index (χ2v) is 6.21. The van der Waals surface area contributed by atoms with Gasteiger partial charge < -0.3 is 4.90 Å². The summed E-state index contributed by atoms with van der Waals surface area (Å²) in [7, 11) is 1.88. The predicted octanol–water partition coefficient (Wildman–Crippen LogP) is 3.56. The van der Waals surface area contributed by atoms with E-state index >= 15 is 0 Å². The van der Waals surface area contributed by atoms with Crippen molar-refractivity contribution in [1.82, 2.24) is 4.90 Å². The summed E-state index contributed by atoms with van der Waals surface area (Å²) in [6, 6.07) is 8.68. The SMILES string of the molecule is Cc1ccc(C(C)(C)CCN(C)C(=O)CI)cc1. The molecule has 0 spiro atoms. The van der Waals surface area contributed by atoms with E-state index in [0.29, 0.717) is 4.43 Å². The summed E-state index contributed by atoms with van der Waals surface area (Å²) >= 11 is 2.11. The Balaban J connectivity index is 2.64. The van der Waals surface area contributed by atoms with E-state index in [-0.39, 0.29) is 11.3 Å². The highest BCUT2D eigenvalue weighted by Gasteiger charge is 2.21. The first-order valence-corrected chi connectivity index (χ1v) is 7.76.